The Morgan fingerprint density at radius 3 is 2.82 bits per heavy atom. The fourth-order valence-corrected chi connectivity index (χ4v) is 2.08. The fourth-order valence-electron chi connectivity index (χ4n) is 2.08. The molecule has 2 rings (SSSR count). The van der Waals surface area contributed by atoms with Crippen molar-refractivity contribution in [3.05, 3.63) is 30.0 Å². The van der Waals surface area contributed by atoms with Gasteiger partial charge in [-0.2, -0.15) is 0 Å². The molecule has 0 radical (unpaired) electrons. The molecule has 0 amide bonds. The Kier molecular flexibility index (Phi) is 3.38. The summed E-state index contributed by atoms with van der Waals surface area (Å²) in [5, 5.41) is 1.16. The highest BCUT2D eigenvalue weighted by Crippen LogP contribution is 2.30. The molecule has 3 heteroatoms. The molecule has 3 nitrogen and oxygen atoms in total. The maximum atomic E-state index is 6.29. The topological polar surface area (TPSA) is 51.0 Å². The predicted molar refractivity (Wildman–Crippen MR) is 71.2 cm³/mol. The standard InChI is InChI=1S/C14H20N2O/c1-4-9(2)14(15)12-8-16-13-6-5-10(17-3)7-11(12)13/h5-9,14,16H,4,15H2,1-3H3/t9?,14-/m1/s1. The summed E-state index contributed by atoms with van der Waals surface area (Å²) in [5.41, 5.74) is 8.58. The van der Waals surface area contributed by atoms with E-state index in [1.165, 1.54) is 5.56 Å². The van der Waals surface area contributed by atoms with Crippen LogP contribution >= 0.6 is 0 Å². The highest BCUT2D eigenvalue weighted by atomic mass is 16.5. The maximum absolute atomic E-state index is 6.29. The molecule has 2 atom stereocenters. The predicted octanol–water partition coefficient (Wildman–Crippen LogP) is 3.22. The molecule has 0 saturated heterocycles. The lowest BCUT2D eigenvalue weighted by Crippen LogP contribution is -2.18. The molecule has 0 spiro atoms. The minimum absolute atomic E-state index is 0.0702. The SMILES string of the molecule is CCC(C)[C@@H](N)c1c[nH]c2ccc(OC)cc12. The van der Waals surface area contributed by atoms with Gasteiger partial charge >= 0.3 is 0 Å². The summed E-state index contributed by atoms with van der Waals surface area (Å²) in [7, 11) is 1.68. The monoisotopic (exact) mass is 232 g/mol. The van der Waals surface area contributed by atoms with Gasteiger partial charge in [0.15, 0.2) is 0 Å². The highest BCUT2D eigenvalue weighted by molar-refractivity contribution is 5.85. The van der Waals surface area contributed by atoms with E-state index in [0.717, 1.165) is 23.1 Å². The summed E-state index contributed by atoms with van der Waals surface area (Å²) in [4.78, 5) is 3.26. The highest BCUT2D eigenvalue weighted by Gasteiger charge is 2.17. The van der Waals surface area contributed by atoms with Crippen molar-refractivity contribution < 1.29 is 4.74 Å². The number of nitrogens with two attached hydrogens (primary N) is 1. The van der Waals surface area contributed by atoms with Crippen LogP contribution in [0.15, 0.2) is 24.4 Å². The van der Waals surface area contributed by atoms with Crippen molar-refractivity contribution >= 4 is 10.9 Å². The number of H-pyrrole nitrogens is 1. The van der Waals surface area contributed by atoms with Gasteiger partial charge in [0, 0.05) is 23.1 Å². The summed E-state index contributed by atoms with van der Waals surface area (Å²) in [5.74, 6) is 1.34. The smallest absolute Gasteiger partial charge is 0.119 e. The van der Waals surface area contributed by atoms with Gasteiger partial charge in [0.05, 0.1) is 7.11 Å². The Morgan fingerprint density at radius 1 is 1.41 bits per heavy atom. The third-order valence-corrected chi connectivity index (χ3v) is 3.54. The summed E-state index contributed by atoms with van der Waals surface area (Å²) in [6, 6.07) is 6.10. The second-order valence-electron chi connectivity index (χ2n) is 4.57. The molecule has 0 aliphatic rings. The fraction of sp³-hybridized carbons (Fsp3) is 0.429. The van der Waals surface area contributed by atoms with Gasteiger partial charge in [-0.3, -0.25) is 0 Å². The van der Waals surface area contributed by atoms with Crippen molar-refractivity contribution in [3.63, 3.8) is 0 Å². The van der Waals surface area contributed by atoms with E-state index in [-0.39, 0.29) is 6.04 Å². The molecule has 0 bridgehead atoms. The van der Waals surface area contributed by atoms with E-state index < -0.39 is 0 Å². The van der Waals surface area contributed by atoms with Gasteiger partial charge < -0.3 is 15.5 Å². The maximum Gasteiger partial charge on any atom is 0.119 e. The molecule has 1 aromatic heterocycles. The molecular weight excluding hydrogens is 212 g/mol. The largest absolute Gasteiger partial charge is 0.497 e. The molecule has 3 N–H and O–H groups in total. The first-order chi connectivity index (χ1) is 8.17. The first-order valence-corrected chi connectivity index (χ1v) is 6.08. The van der Waals surface area contributed by atoms with Crippen LogP contribution in [0, 0.1) is 5.92 Å². The summed E-state index contributed by atoms with van der Waals surface area (Å²) < 4.78 is 5.26. The average molecular weight is 232 g/mol. The molecule has 2 aromatic rings. The van der Waals surface area contributed by atoms with Crippen LogP contribution in [-0.4, -0.2) is 12.1 Å². The Morgan fingerprint density at radius 2 is 2.18 bits per heavy atom. The Labute approximate surface area is 102 Å². The van der Waals surface area contributed by atoms with Crippen LogP contribution in [0.2, 0.25) is 0 Å². The molecule has 1 unspecified atom stereocenters. The Bertz CT molecular complexity index is 504. The van der Waals surface area contributed by atoms with E-state index in [1.54, 1.807) is 7.11 Å². The lowest BCUT2D eigenvalue weighted by molar-refractivity contribution is 0.415. The number of aromatic nitrogens is 1. The molecule has 92 valence electrons. The second kappa shape index (κ2) is 4.80. The molecule has 0 fully saturated rings. The Balaban J connectivity index is 2.47. The molecule has 0 saturated carbocycles. The molecule has 0 aliphatic carbocycles. The van der Waals surface area contributed by atoms with Crippen LogP contribution in [0.4, 0.5) is 0 Å². The van der Waals surface area contributed by atoms with Gasteiger partial charge in [0.2, 0.25) is 0 Å². The molecule has 17 heavy (non-hydrogen) atoms. The van der Waals surface area contributed by atoms with Crippen LogP contribution in [0.1, 0.15) is 31.9 Å². The average Bonchev–Trinajstić information content (AvgIpc) is 2.79. The number of aromatic amines is 1. The quantitative estimate of drug-likeness (QED) is 0.850. The first-order valence-electron chi connectivity index (χ1n) is 6.08. The number of hydrogen-bond donors (Lipinski definition) is 2. The lowest BCUT2D eigenvalue weighted by atomic mass is 9.93. The number of rotatable bonds is 4. The van der Waals surface area contributed by atoms with Gasteiger partial charge in [-0.05, 0) is 29.7 Å². The Hall–Kier alpha value is -1.48. The first kappa shape index (κ1) is 12.0. The number of fused-ring (bicyclic) bond motifs is 1. The van der Waals surface area contributed by atoms with Crippen LogP contribution in [-0.2, 0) is 0 Å². The summed E-state index contributed by atoms with van der Waals surface area (Å²) >= 11 is 0. The van der Waals surface area contributed by atoms with Crippen LogP contribution in [0.25, 0.3) is 10.9 Å². The zero-order valence-corrected chi connectivity index (χ0v) is 10.7. The minimum atomic E-state index is 0.0702. The number of benzene rings is 1. The normalized spacial score (nSPS) is 14.8. The lowest BCUT2D eigenvalue weighted by Gasteiger charge is -2.17. The third-order valence-electron chi connectivity index (χ3n) is 3.54. The molecular formula is C14H20N2O. The van der Waals surface area contributed by atoms with Gasteiger partial charge in [0.25, 0.3) is 0 Å². The van der Waals surface area contributed by atoms with Gasteiger partial charge in [-0.15, -0.1) is 0 Å². The summed E-state index contributed by atoms with van der Waals surface area (Å²) in [6.07, 6.45) is 3.10. The van der Waals surface area contributed by atoms with Gasteiger partial charge in [-0.25, -0.2) is 0 Å². The van der Waals surface area contributed by atoms with Crippen molar-refractivity contribution in [1.29, 1.82) is 0 Å². The van der Waals surface area contributed by atoms with Gasteiger partial charge in [-0.1, -0.05) is 20.3 Å². The molecule has 1 aromatic carbocycles. The van der Waals surface area contributed by atoms with Crippen LogP contribution in [0.5, 0.6) is 5.75 Å². The summed E-state index contributed by atoms with van der Waals surface area (Å²) in [6.45, 7) is 4.35. The van der Waals surface area contributed by atoms with Crippen molar-refractivity contribution in [2.45, 2.75) is 26.3 Å². The van der Waals surface area contributed by atoms with E-state index in [9.17, 15) is 0 Å². The number of methoxy groups -OCH3 is 1. The number of ether oxygens (including phenoxy) is 1. The molecule has 0 aliphatic heterocycles. The number of nitrogens with one attached hydrogen (secondary N) is 1. The van der Waals surface area contributed by atoms with E-state index in [0.29, 0.717) is 5.92 Å². The third kappa shape index (κ3) is 2.15. The second-order valence-corrected chi connectivity index (χ2v) is 4.57. The minimum Gasteiger partial charge on any atom is -0.497 e. The van der Waals surface area contributed by atoms with E-state index >= 15 is 0 Å². The zero-order valence-electron chi connectivity index (χ0n) is 10.7. The van der Waals surface area contributed by atoms with Crippen molar-refractivity contribution in [1.82, 2.24) is 4.98 Å². The zero-order chi connectivity index (χ0) is 12.4. The number of hydrogen-bond acceptors (Lipinski definition) is 2. The van der Waals surface area contributed by atoms with Crippen LogP contribution in [0.3, 0.4) is 0 Å². The van der Waals surface area contributed by atoms with Crippen molar-refractivity contribution in [3.8, 4) is 5.75 Å². The van der Waals surface area contributed by atoms with Crippen molar-refractivity contribution in [2.75, 3.05) is 7.11 Å². The van der Waals surface area contributed by atoms with E-state index in [2.05, 4.69) is 18.8 Å². The van der Waals surface area contributed by atoms with Crippen LogP contribution < -0.4 is 10.5 Å². The van der Waals surface area contributed by atoms with Gasteiger partial charge in [0.1, 0.15) is 5.75 Å². The van der Waals surface area contributed by atoms with E-state index in [1.807, 2.05) is 24.4 Å². The molecule has 1 heterocycles. The van der Waals surface area contributed by atoms with Crippen molar-refractivity contribution in [2.24, 2.45) is 11.7 Å². The van der Waals surface area contributed by atoms with E-state index in [4.69, 9.17) is 10.5 Å².